The third-order valence-corrected chi connectivity index (χ3v) is 13.2. The van der Waals surface area contributed by atoms with Crippen LogP contribution >= 0.6 is 0 Å². The zero-order valence-electron chi connectivity index (χ0n) is 35.9. The van der Waals surface area contributed by atoms with Crippen LogP contribution in [0.15, 0.2) is 54.6 Å². The van der Waals surface area contributed by atoms with Crippen molar-refractivity contribution in [3.63, 3.8) is 0 Å². The Hall–Kier alpha value is -4.57. The van der Waals surface area contributed by atoms with E-state index in [0.29, 0.717) is 38.6 Å². The number of amides is 3. The smallest absolute Gasteiger partial charge is 0.269 e. The Morgan fingerprint density at radius 2 is 1.39 bits per heavy atom. The van der Waals surface area contributed by atoms with Gasteiger partial charge in [-0.15, -0.1) is 0 Å². The molecular weight excluding hydrogens is 777 g/mol. The van der Waals surface area contributed by atoms with Crippen molar-refractivity contribution < 1.29 is 28.9 Å². The molecule has 0 spiro atoms. The summed E-state index contributed by atoms with van der Waals surface area (Å²) in [4.78, 5) is 86.6. The molecule has 2 aromatic carbocycles. The Labute approximate surface area is 360 Å². The number of likely N-dealkylation sites (tertiary alicyclic amines) is 1. The molecule has 9 N–H and O–H groups in total. The zero-order chi connectivity index (χ0) is 43.9. The highest BCUT2D eigenvalue weighted by atomic mass is 16.6. The van der Waals surface area contributed by atoms with Crippen LogP contribution in [0.3, 0.4) is 0 Å². The van der Waals surface area contributed by atoms with E-state index in [4.69, 9.17) is 17.2 Å². The summed E-state index contributed by atoms with van der Waals surface area (Å²) in [7, 11) is 1.68. The second-order valence-corrected chi connectivity index (χ2v) is 17.5. The quantitative estimate of drug-likeness (QED) is 0.0427. The van der Waals surface area contributed by atoms with Gasteiger partial charge in [-0.2, -0.15) is 0 Å². The molecule has 61 heavy (non-hydrogen) atoms. The highest BCUT2D eigenvalue weighted by molar-refractivity contribution is 6.18. The molecule has 1 heterocycles. The van der Waals surface area contributed by atoms with Crippen LogP contribution in [0, 0.1) is 22.0 Å². The Morgan fingerprint density at radius 1 is 0.787 bits per heavy atom. The van der Waals surface area contributed by atoms with E-state index in [1.807, 2.05) is 30.3 Å². The standard InChI is InChI=1S/C46H68N8O7/c1-50-39(30-33-18-9-4-10-19-33)44(58)51-38(20-11-12-26-47)45(59)53-27-13-21-40(53)42(56)46(34-22-24-35(25-23-34)54(60)61,41(55)36(48)28-31-14-5-2-6-15-31)52-43(57)37(49)29-32-16-7-3-8-17-32/h4,9-10,18-19,22-25,31-32,36-40,50H,2-3,5-8,11-17,20-21,26-30,47-49H2,1H3,(H,51,58)(H,52,57)/t36-,37+,38+,39+,40+,46?/m1/s1. The van der Waals surface area contributed by atoms with Crippen molar-refractivity contribution in [2.45, 2.75) is 151 Å². The van der Waals surface area contributed by atoms with E-state index in [-0.39, 0.29) is 54.8 Å². The number of Topliss-reactive ketones (excluding diaryl/α,β-unsaturated/α-hetero) is 2. The molecule has 1 saturated heterocycles. The van der Waals surface area contributed by atoms with Crippen LogP contribution in [0.4, 0.5) is 5.69 Å². The number of non-ortho nitro benzene ring substituents is 1. The number of hydrogen-bond donors (Lipinski definition) is 6. The summed E-state index contributed by atoms with van der Waals surface area (Å²) in [5.41, 5.74) is 17.5. The summed E-state index contributed by atoms with van der Waals surface area (Å²) < 4.78 is 0. The van der Waals surface area contributed by atoms with Gasteiger partial charge in [-0.05, 0) is 100 Å². The van der Waals surface area contributed by atoms with Gasteiger partial charge in [-0.1, -0.05) is 94.5 Å². The molecule has 15 nitrogen and oxygen atoms in total. The van der Waals surface area contributed by atoms with Crippen LogP contribution in [0.5, 0.6) is 0 Å². The van der Waals surface area contributed by atoms with Crippen LogP contribution in [-0.4, -0.2) is 89.5 Å². The largest absolute Gasteiger partial charge is 0.343 e. The molecule has 6 atom stereocenters. The maximum absolute atomic E-state index is 15.7. The first kappa shape index (κ1) is 47.5. The van der Waals surface area contributed by atoms with Gasteiger partial charge < -0.3 is 38.1 Å². The highest BCUT2D eigenvalue weighted by Gasteiger charge is 2.55. The lowest BCUT2D eigenvalue weighted by Gasteiger charge is -2.40. The number of carbonyl (C=O) groups is 5. The van der Waals surface area contributed by atoms with E-state index in [1.54, 1.807) is 7.05 Å². The van der Waals surface area contributed by atoms with E-state index in [0.717, 1.165) is 69.8 Å². The van der Waals surface area contributed by atoms with Crippen molar-refractivity contribution in [2.24, 2.45) is 29.0 Å². The summed E-state index contributed by atoms with van der Waals surface area (Å²) in [6.07, 6.45) is 12.8. The Bertz CT molecular complexity index is 1780. The number of benzene rings is 2. The maximum atomic E-state index is 15.7. The van der Waals surface area contributed by atoms with Crippen molar-refractivity contribution in [1.82, 2.24) is 20.9 Å². The number of unbranched alkanes of at least 4 members (excludes halogenated alkanes) is 1. The summed E-state index contributed by atoms with van der Waals surface area (Å²) in [5.74, 6) is -2.77. The average Bonchev–Trinajstić information content (AvgIpc) is 3.77. The fourth-order valence-electron chi connectivity index (χ4n) is 9.72. The molecule has 2 saturated carbocycles. The first-order valence-corrected chi connectivity index (χ1v) is 22.6. The number of hydrogen-bond acceptors (Lipinski definition) is 11. The third-order valence-electron chi connectivity index (χ3n) is 13.2. The zero-order valence-corrected chi connectivity index (χ0v) is 35.9. The van der Waals surface area contributed by atoms with Gasteiger partial charge in [0, 0.05) is 18.7 Å². The average molecular weight is 845 g/mol. The lowest BCUT2D eigenvalue weighted by atomic mass is 9.73. The van der Waals surface area contributed by atoms with Crippen LogP contribution in [0.2, 0.25) is 0 Å². The fraction of sp³-hybridized carbons (Fsp3) is 0.630. The number of nitrogens with zero attached hydrogens (tertiary/aromatic N) is 2. The van der Waals surface area contributed by atoms with Crippen molar-refractivity contribution in [3.8, 4) is 0 Å². The molecule has 2 aliphatic carbocycles. The number of nitrogens with one attached hydrogen (secondary N) is 3. The summed E-state index contributed by atoms with van der Waals surface area (Å²) in [6, 6.07) is 9.40. The molecule has 5 rings (SSSR count). The van der Waals surface area contributed by atoms with Crippen LogP contribution in [-0.2, 0) is 35.9 Å². The summed E-state index contributed by atoms with van der Waals surface area (Å²) >= 11 is 0. The van der Waals surface area contributed by atoms with Gasteiger partial charge in [0.15, 0.2) is 17.1 Å². The van der Waals surface area contributed by atoms with E-state index < -0.39 is 64.1 Å². The molecular formula is C46H68N8O7. The number of nitro benzene ring substituents is 1. The Morgan fingerprint density at radius 3 is 1.97 bits per heavy atom. The Kier molecular flexibility index (Phi) is 17.9. The van der Waals surface area contributed by atoms with E-state index in [9.17, 15) is 24.5 Å². The lowest BCUT2D eigenvalue weighted by molar-refractivity contribution is -0.384. The molecule has 2 aromatic rings. The number of carbonyl (C=O) groups excluding carboxylic acids is 5. The van der Waals surface area contributed by atoms with Gasteiger partial charge in [0.2, 0.25) is 17.7 Å². The lowest BCUT2D eigenvalue weighted by Crippen LogP contribution is -2.67. The number of likely N-dealkylation sites (N-methyl/N-ethyl adjacent to an activating group) is 1. The van der Waals surface area contributed by atoms with Gasteiger partial charge in [0.1, 0.15) is 6.04 Å². The van der Waals surface area contributed by atoms with E-state index in [2.05, 4.69) is 16.0 Å². The molecule has 3 aliphatic rings. The minimum absolute atomic E-state index is 0.00952. The van der Waals surface area contributed by atoms with Crippen molar-refractivity contribution in [3.05, 3.63) is 75.8 Å². The van der Waals surface area contributed by atoms with Gasteiger partial charge in [-0.25, -0.2) is 0 Å². The number of rotatable bonds is 22. The molecule has 0 bridgehead atoms. The monoisotopic (exact) mass is 845 g/mol. The second-order valence-electron chi connectivity index (χ2n) is 17.5. The number of nitro groups is 1. The van der Waals surface area contributed by atoms with Gasteiger partial charge in [0.05, 0.1) is 29.1 Å². The minimum atomic E-state index is -2.43. The topological polar surface area (TPSA) is 246 Å². The molecule has 1 unspecified atom stereocenters. The van der Waals surface area contributed by atoms with E-state index in [1.165, 1.54) is 29.2 Å². The number of ketones is 2. The molecule has 3 amide bonds. The third kappa shape index (κ3) is 12.3. The SMILES string of the molecule is CN[C@@H](Cc1ccccc1)C(=O)N[C@@H](CCCCN)C(=O)N1CCC[C@H]1C(=O)C(NC(=O)[C@@H](N)CC1CCCCC1)(C(=O)[C@H](N)CC1CCCCC1)c1ccc([N+](=O)[O-])cc1. The van der Waals surface area contributed by atoms with Crippen LogP contribution in [0.25, 0.3) is 0 Å². The molecule has 3 fully saturated rings. The van der Waals surface area contributed by atoms with Crippen molar-refractivity contribution in [1.29, 1.82) is 0 Å². The predicted molar refractivity (Wildman–Crippen MR) is 234 cm³/mol. The second kappa shape index (κ2) is 23.0. The summed E-state index contributed by atoms with van der Waals surface area (Å²) in [5, 5.41) is 20.7. The molecule has 0 aromatic heterocycles. The number of nitrogens with two attached hydrogens (primary N) is 3. The van der Waals surface area contributed by atoms with Gasteiger partial charge in [0.25, 0.3) is 5.69 Å². The maximum Gasteiger partial charge on any atom is 0.269 e. The normalized spacial score (nSPS) is 20.5. The Balaban J connectivity index is 1.53. The fourth-order valence-corrected chi connectivity index (χ4v) is 9.72. The molecule has 15 heteroatoms. The first-order chi connectivity index (χ1) is 29.4. The molecule has 0 radical (unpaired) electrons. The minimum Gasteiger partial charge on any atom is -0.343 e. The van der Waals surface area contributed by atoms with Crippen molar-refractivity contribution in [2.75, 3.05) is 20.1 Å². The molecule has 1 aliphatic heterocycles. The summed E-state index contributed by atoms with van der Waals surface area (Å²) in [6.45, 7) is 0.544. The predicted octanol–water partition coefficient (Wildman–Crippen LogP) is 4.08. The van der Waals surface area contributed by atoms with E-state index >= 15 is 9.59 Å². The van der Waals surface area contributed by atoms with Gasteiger partial charge >= 0.3 is 0 Å². The first-order valence-electron chi connectivity index (χ1n) is 22.6. The van der Waals surface area contributed by atoms with Crippen LogP contribution < -0.4 is 33.2 Å². The van der Waals surface area contributed by atoms with Crippen LogP contribution in [0.1, 0.15) is 120 Å². The highest BCUT2D eigenvalue weighted by Crippen LogP contribution is 2.36. The van der Waals surface area contributed by atoms with Crippen molar-refractivity contribution >= 4 is 35.0 Å². The molecule has 334 valence electrons. The van der Waals surface area contributed by atoms with Gasteiger partial charge in [-0.3, -0.25) is 34.1 Å².